The lowest BCUT2D eigenvalue weighted by molar-refractivity contribution is -0.157. The topological polar surface area (TPSA) is 85.6 Å². The minimum Gasteiger partial charge on any atom is -0.497 e. The Morgan fingerprint density at radius 1 is 1.43 bits per heavy atom. The molecule has 0 unspecified atom stereocenters. The molecule has 0 aromatic heterocycles. The molecule has 1 heterocycles. The molecular formula is C15H13NO5. The largest absolute Gasteiger partial charge is 0.497 e. The number of nitrogens with zero attached hydrogens (tertiary/aromatic N) is 1. The summed E-state index contributed by atoms with van der Waals surface area (Å²) in [4.78, 5) is 23.1. The quantitative estimate of drug-likeness (QED) is 0.473. The van der Waals surface area contributed by atoms with Gasteiger partial charge in [0.2, 0.25) is 6.10 Å². The molecule has 0 bridgehead atoms. The molecule has 1 aromatic carbocycles. The van der Waals surface area contributed by atoms with E-state index >= 15 is 0 Å². The number of methoxy groups -OCH3 is 1. The predicted molar refractivity (Wildman–Crippen MR) is 72.0 cm³/mol. The van der Waals surface area contributed by atoms with E-state index in [-0.39, 0.29) is 12.2 Å². The molecule has 1 aliphatic heterocycles. The SMILES string of the molecule is COc1ccc(/C=C(\C#N)C(=O)O[C@H]2CCOC2=O)cc1. The van der Waals surface area contributed by atoms with Gasteiger partial charge in [-0.3, -0.25) is 0 Å². The lowest BCUT2D eigenvalue weighted by Crippen LogP contribution is -2.23. The molecule has 0 saturated carbocycles. The Bertz CT molecular complexity index is 612. The van der Waals surface area contributed by atoms with Crippen molar-refractivity contribution in [3.63, 3.8) is 0 Å². The van der Waals surface area contributed by atoms with Crippen LogP contribution in [-0.4, -0.2) is 31.8 Å². The Kier molecular flexibility index (Phi) is 4.57. The van der Waals surface area contributed by atoms with Gasteiger partial charge in [0.1, 0.15) is 17.4 Å². The van der Waals surface area contributed by atoms with Gasteiger partial charge in [-0.05, 0) is 23.8 Å². The number of esters is 2. The number of hydrogen-bond acceptors (Lipinski definition) is 6. The number of benzene rings is 1. The fraction of sp³-hybridized carbons (Fsp3) is 0.267. The van der Waals surface area contributed by atoms with E-state index in [0.717, 1.165) is 0 Å². The van der Waals surface area contributed by atoms with Gasteiger partial charge in [-0.15, -0.1) is 0 Å². The first-order chi connectivity index (χ1) is 10.1. The first-order valence-electron chi connectivity index (χ1n) is 6.27. The zero-order valence-electron chi connectivity index (χ0n) is 11.4. The normalized spacial score (nSPS) is 17.8. The third-order valence-corrected chi connectivity index (χ3v) is 2.90. The second kappa shape index (κ2) is 6.57. The molecule has 6 heteroatoms. The van der Waals surface area contributed by atoms with Crippen molar-refractivity contribution >= 4 is 18.0 Å². The van der Waals surface area contributed by atoms with Crippen LogP contribution in [0.1, 0.15) is 12.0 Å². The van der Waals surface area contributed by atoms with Crippen LogP contribution in [0.3, 0.4) is 0 Å². The van der Waals surface area contributed by atoms with Crippen molar-refractivity contribution in [2.24, 2.45) is 0 Å². The molecule has 0 radical (unpaired) electrons. The van der Waals surface area contributed by atoms with Gasteiger partial charge in [0.05, 0.1) is 13.7 Å². The van der Waals surface area contributed by atoms with Gasteiger partial charge in [0.15, 0.2) is 0 Å². The van der Waals surface area contributed by atoms with Gasteiger partial charge in [-0.25, -0.2) is 9.59 Å². The van der Waals surface area contributed by atoms with Crippen molar-refractivity contribution in [1.29, 1.82) is 5.26 Å². The fourth-order valence-electron chi connectivity index (χ4n) is 1.78. The van der Waals surface area contributed by atoms with Gasteiger partial charge >= 0.3 is 11.9 Å². The highest BCUT2D eigenvalue weighted by atomic mass is 16.6. The molecule has 1 fully saturated rings. The van der Waals surface area contributed by atoms with E-state index in [9.17, 15) is 9.59 Å². The van der Waals surface area contributed by atoms with Crippen molar-refractivity contribution < 1.29 is 23.8 Å². The van der Waals surface area contributed by atoms with Crippen molar-refractivity contribution in [2.45, 2.75) is 12.5 Å². The summed E-state index contributed by atoms with van der Waals surface area (Å²) < 4.78 is 14.7. The van der Waals surface area contributed by atoms with Crippen LogP contribution in [0.4, 0.5) is 0 Å². The van der Waals surface area contributed by atoms with Crippen LogP contribution >= 0.6 is 0 Å². The summed E-state index contributed by atoms with van der Waals surface area (Å²) in [5, 5.41) is 9.04. The molecule has 0 spiro atoms. The summed E-state index contributed by atoms with van der Waals surface area (Å²) in [5.41, 5.74) is 0.471. The molecular weight excluding hydrogens is 274 g/mol. The van der Waals surface area contributed by atoms with Gasteiger partial charge < -0.3 is 14.2 Å². The molecule has 1 aromatic rings. The van der Waals surface area contributed by atoms with Gasteiger partial charge in [-0.1, -0.05) is 12.1 Å². The van der Waals surface area contributed by atoms with Crippen LogP contribution in [0.5, 0.6) is 5.75 Å². The third kappa shape index (κ3) is 3.60. The minimum absolute atomic E-state index is 0.181. The van der Waals surface area contributed by atoms with Crippen molar-refractivity contribution in [3.05, 3.63) is 35.4 Å². The summed E-state index contributed by atoms with van der Waals surface area (Å²) in [5.74, 6) is -0.746. The number of hydrogen-bond donors (Lipinski definition) is 0. The number of carbonyl (C=O) groups is 2. The lowest BCUT2D eigenvalue weighted by Gasteiger charge is -2.07. The maximum atomic E-state index is 11.9. The number of rotatable bonds is 4. The third-order valence-electron chi connectivity index (χ3n) is 2.90. The Hall–Kier alpha value is -2.81. The van der Waals surface area contributed by atoms with E-state index in [2.05, 4.69) is 0 Å². The smallest absolute Gasteiger partial charge is 0.349 e. The first-order valence-corrected chi connectivity index (χ1v) is 6.27. The second-order valence-corrected chi connectivity index (χ2v) is 4.29. The maximum Gasteiger partial charge on any atom is 0.349 e. The molecule has 0 amide bonds. The highest BCUT2D eigenvalue weighted by Gasteiger charge is 2.31. The zero-order chi connectivity index (χ0) is 15.2. The molecule has 6 nitrogen and oxygen atoms in total. The molecule has 1 atom stereocenters. The first kappa shape index (κ1) is 14.6. The van der Waals surface area contributed by atoms with Crippen molar-refractivity contribution in [2.75, 3.05) is 13.7 Å². The lowest BCUT2D eigenvalue weighted by atomic mass is 10.1. The summed E-state index contributed by atoms with van der Waals surface area (Å²) in [6.07, 6.45) is 0.776. The Morgan fingerprint density at radius 2 is 2.14 bits per heavy atom. The summed E-state index contributed by atoms with van der Waals surface area (Å²) >= 11 is 0. The van der Waals surface area contributed by atoms with Crippen LogP contribution in [0.25, 0.3) is 6.08 Å². The van der Waals surface area contributed by atoms with Crippen LogP contribution in [0.2, 0.25) is 0 Å². The molecule has 1 aliphatic rings. The molecule has 1 saturated heterocycles. The van der Waals surface area contributed by atoms with Gasteiger partial charge in [0, 0.05) is 6.42 Å². The molecule has 0 N–H and O–H groups in total. The Labute approximate surface area is 121 Å². The average Bonchev–Trinajstić information content (AvgIpc) is 2.90. The van der Waals surface area contributed by atoms with E-state index in [1.807, 2.05) is 0 Å². The second-order valence-electron chi connectivity index (χ2n) is 4.29. The van der Waals surface area contributed by atoms with Crippen molar-refractivity contribution in [1.82, 2.24) is 0 Å². The number of carbonyl (C=O) groups excluding carboxylic acids is 2. The maximum absolute atomic E-state index is 11.9. The van der Waals surface area contributed by atoms with E-state index in [4.69, 9.17) is 19.5 Å². The summed E-state index contributed by atoms with van der Waals surface area (Å²) in [7, 11) is 1.55. The van der Waals surface area contributed by atoms with E-state index in [1.165, 1.54) is 6.08 Å². The van der Waals surface area contributed by atoms with E-state index in [1.54, 1.807) is 37.4 Å². The number of ether oxygens (including phenoxy) is 3. The van der Waals surface area contributed by atoms with Crippen LogP contribution in [-0.2, 0) is 19.1 Å². The summed E-state index contributed by atoms with van der Waals surface area (Å²) in [6.45, 7) is 0.223. The molecule has 0 aliphatic carbocycles. The van der Waals surface area contributed by atoms with Gasteiger partial charge in [0.25, 0.3) is 0 Å². The standard InChI is InChI=1S/C15H13NO5/c1-19-12-4-2-10(3-5-12)8-11(9-16)14(17)21-13-6-7-20-15(13)18/h2-5,8,13H,6-7H2,1H3/b11-8+/t13-/m0/s1. The fourth-order valence-corrected chi connectivity index (χ4v) is 1.78. The van der Waals surface area contributed by atoms with Gasteiger partial charge in [-0.2, -0.15) is 5.26 Å². The summed E-state index contributed by atoms with van der Waals surface area (Å²) in [6, 6.07) is 8.59. The monoisotopic (exact) mass is 287 g/mol. The average molecular weight is 287 g/mol. The molecule has 108 valence electrons. The number of cyclic esters (lactones) is 1. The van der Waals surface area contributed by atoms with E-state index in [0.29, 0.717) is 17.7 Å². The minimum atomic E-state index is -0.926. The van der Waals surface area contributed by atoms with E-state index < -0.39 is 18.0 Å². The molecule has 2 rings (SSSR count). The van der Waals surface area contributed by atoms with Crippen LogP contribution in [0.15, 0.2) is 29.8 Å². The van der Waals surface area contributed by atoms with Crippen molar-refractivity contribution in [3.8, 4) is 11.8 Å². The highest BCUT2D eigenvalue weighted by Crippen LogP contribution is 2.16. The Balaban J connectivity index is 2.10. The van der Waals surface area contributed by atoms with Crippen LogP contribution < -0.4 is 4.74 Å². The predicted octanol–water partition coefficient (Wildman–Crippen LogP) is 1.46. The van der Waals surface area contributed by atoms with Crippen LogP contribution in [0, 0.1) is 11.3 Å². The Morgan fingerprint density at radius 3 is 2.67 bits per heavy atom. The highest BCUT2D eigenvalue weighted by molar-refractivity contribution is 5.99. The molecule has 21 heavy (non-hydrogen) atoms. The zero-order valence-corrected chi connectivity index (χ0v) is 11.4. The number of nitriles is 1.